The van der Waals surface area contributed by atoms with Crippen LogP contribution >= 0.6 is 0 Å². The van der Waals surface area contributed by atoms with E-state index in [1.165, 1.54) is 0 Å². The molecule has 7 nitrogen and oxygen atoms in total. The van der Waals surface area contributed by atoms with Crippen LogP contribution in [0.1, 0.15) is 17.0 Å². The number of aryl methyl sites for hydroxylation is 2. The first-order valence-electron chi connectivity index (χ1n) is 7.93. The predicted octanol–water partition coefficient (Wildman–Crippen LogP) is 1.94. The summed E-state index contributed by atoms with van der Waals surface area (Å²) < 4.78 is 28.0. The van der Waals surface area contributed by atoms with Crippen molar-refractivity contribution in [3.63, 3.8) is 0 Å². The van der Waals surface area contributed by atoms with Crippen LogP contribution in [-0.4, -0.2) is 37.1 Å². The summed E-state index contributed by atoms with van der Waals surface area (Å²) in [7, 11) is -0.235. The van der Waals surface area contributed by atoms with Gasteiger partial charge in [0.2, 0.25) is 9.84 Å². The highest BCUT2D eigenvalue weighted by molar-refractivity contribution is 7.91. The second kappa shape index (κ2) is 6.45. The van der Waals surface area contributed by atoms with E-state index >= 15 is 0 Å². The molecule has 2 aromatic heterocycles. The van der Waals surface area contributed by atoms with Crippen LogP contribution < -0.4 is 10.6 Å². The Morgan fingerprint density at radius 1 is 1.12 bits per heavy atom. The maximum absolute atomic E-state index is 13.2. The summed E-state index contributed by atoms with van der Waals surface area (Å²) in [6.07, 6.45) is 0. The average molecular weight is 359 g/mol. The Morgan fingerprint density at radius 2 is 1.80 bits per heavy atom. The average Bonchev–Trinajstić information content (AvgIpc) is 2.98. The highest BCUT2D eigenvalue weighted by Gasteiger charge is 2.29. The Hall–Kier alpha value is -2.45. The van der Waals surface area contributed by atoms with E-state index < -0.39 is 9.84 Å². The van der Waals surface area contributed by atoms with Gasteiger partial charge in [-0.25, -0.2) is 17.9 Å². The van der Waals surface area contributed by atoms with Crippen LogP contribution in [0.4, 0.5) is 5.82 Å². The van der Waals surface area contributed by atoms with Gasteiger partial charge < -0.3 is 10.6 Å². The highest BCUT2D eigenvalue weighted by atomic mass is 32.2. The van der Waals surface area contributed by atoms with Crippen molar-refractivity contribution in [3.8, 4) is 0 Å². The second-order valence-electron chi connectivity index (χ2n) is 5.77. The van der Waals surface area contributed by atoms with Crippen molar-refractivity contribution in [2.45, 2.75) is 30.2 Å². The Bertz CT molecular complexity index is 1030. The molecule has 132 valence electrons. The van der Waals surface area contributed by atoms with E-state index in [2.05, 4.69) is 20.7 Å². The van der Waals surface area contributed by atoms with E-state index in [0.717, 1.165) is 17.0 Å². The minimum atomic E-state index is -3.75. The zero-order chi connectivity index (χ0) is 18.2. The summed E-state index contributed by atoms with van der Waals surface area (Å²) >= 11 is 0. The Kier molecular flexibility index (Phi) is 4.49. The molecule has 0 aliphatic rings. The molecule has 0 unspecified atom stereocenters. The standard InChI is InChI=1S/C17H21N5O2S/c1-11-14(10-18-3)12(2)22-17(20-11)15(16(19-4)21-22)25(23,24)13-8-6-5-7-9-13/h5-9,18H,10H2,1-4H3,(H,19,21). The molecule has 3 rings (SSSR count). The first-order chi connectivity index (χ1) is 11.9. The smallest absolute Gasteiger partial charge is 0.214 e. The van der Waals surface area contributed by atoms with Crippen LogP contribution in [0.3, 0.4) is 0 Å². The maximum atomic E-state index is 13.2. The van der Waals surface area contributed by atoms with Crippen LogP contribution in [0.5, 0.6) is 0 Å². The van der Waals surface area contributed by atoms with Crippen molar-refractivity contribution >= 4 is 21.3 Å². The number of anilines is 1. The van der Waals surface area contributed by atoms with Crippen LogP contribution in [0.25, 0.3) is 5.65 Å². The molecule has 3 aromatic rings. The van der Waals surface area contributed by atoms with Gasteiger partial charge in [-0.15, -0.1) is 5.10 Å². The fraction of sp³-hybridized carbons (Fsp3) is 0.294. The van der Waals surface area contributed by atoms with Crippen molar-refractivity contribution in [1.29, 1.82) is 0 Å². The van der Waals surface area contributed by atoms with Gasteiger partial charge in [-0.1, -0.05) is 18.2 Å². The van der Waals surface area contributed by atoms with E-state index in [0.29, 0.717) is 18.0 Å². The fourth-order valence-electron chi connectivity index (χ4n) is 2.90. The molecule has 0 spiro atoms. The van der Waals surface area contributed by atoms with E-state index in [4.69, 9.17) is 0 Å². The third-order valence-electron chi connectivity index (χ3n) is 4.20. The van der Waals surface area contributed by atoms with Gasteiger partial charge in [0.25, 0.3) is 0 Å². The maximum Gasteiger partial charge on any atom is 0.214 e. The van der Waals surface area contributed by atoms with Gasteiger partial charge >= 0.3 is 0 Å². The summed E-state index contributed by atoms with van der Waals surface area (Å²) in [5.74, 6) is 0.292. The molecule has 1 aromatic carbocycles. The Labute approximate surface area is 147 Å². The normalized spacial score (nSPS) is 11.8. The van der Waals surface area contributed by atoms with Crippen molar-refractivity contribution in [2.24, 2.45) is 0 Å². The number of nitrogens with one attached hydrogen (secondary N) is 2. The van der Waals surface area contributed by atoms with Crippen molar-refractivity contribution in [1.82, 2.24) is 19.9 Å². The van der Waals surface area contributed by atoms with Gasteiger partial charge in [0.15, 0.2) is 16.4 Å². The van der Waals surface area contributed by atoms with Crippen molar-refractivity contribution < 1.29 is 8.42 Å². The summed E-state index contributed by atoms with van der Waals surface area (Å²) in [5.41, 5.74) is 2.99. The van der Waals surface area contributed by atoms with Gasteiger partial charge in [0, 0.05) is 30.5 Å². The number of hydrogen-bond acceptors (Lipinski definition) is 6. The molecule has 2 N–H and O–H groups in total. The lowest BCUT2D eigenvalue weighted by Gasteiger charge is -2.11. The number of aromatic nitrogens is 3. The Morgan fingerprint density at radius 3 is 2.40 bits per heavy atom. The summed E-state index contributed by atoms with van der Waals surface area (Å²) in [6, 6.07) is 8.34. The van der Waals surface area contributed by atoms with Crippen LogP contribution in [0.2, 0.25) is 0 Å². The van der Waals surface area contributed by atoms with Gasteiger partial charge in [-0.05, 0) is 33.0 Å². The second-order valence-corrected chi connectivity index (χ2v) is 7.66. The summed E-state index contributed by atoms with van der Waals surface area (Å²) in [4.78, 5) is 4.88. The lowest BCUT2D eigenvalue weighted by Crippen LogP contribution is -2.13. The zero-order valence-corrected chi connectivity index (χ0v) is 15.5. The van der Waals surface area contributed by atoms with Gasteiger partial charge in [0.05, 0.1) is 4.90 Å². The summed E-state index contributed by atoms with van der Waals surface area (Å²) in [6.45, 7) is 4.43. The number of sulfone groups is 1. The van der Waals surface area contributed by atoms with Gasteiger partial charge in [0.1, 0.15) is 0 Å². The molecule has 2 heterocycles. The topological polar surface area (TPSA) is 88.4 Å². The monoisotopic (exact) mass is 359 g/mol. The molecule has 0 aliphatic heterocycles. The molecule has 25 heavy (non-hydrogen) atoms. The first kappa shape index (κ1) is 17.4. The quantitative estimate of drug-likeness (QED) is 0.724. The van der Waals surface area contributed by atoms with E-state index in [9.17, 15) is 8.42 Å². The molecular weight excluding hydrogens is 338 g/mol. The number of rotatable bonds is 5. The lowest BCUT2D eigenvalue weighted by molar-refractivity contribution is 0.597. The molecule has 0 aliphatic carbocycles. The fourth-order valence-corrected chi connectivity index (χ4v) is 4.42. The van der Waals surface area contributed by atoms with Crippen molar-refractivity contribution in [2.75, 3.05) is 19.4 Å². The van der Waals surface area contributed by atoms with Gasteiger partial charge in [-0.3, -0.25) is 0 Å². The molecule has 8 heteroatoms. The van der Waals surface area contributed by atoms with Gasteiger partial charge in [-0.2, -0.15) is 0 Å². The highest BCUT2D eigenvalue weighted by Crippen LogP contribution is 2.31. The van der Waals surface area contributed by atoms with E-state index in [1.54, 1.807) is 41.9 Å². The largest absolute Gasteiger partial charge is 0.370 e. The van der Waals surface area contributed by atoms with E-state index in [-0.39, 0.29) is 9.79 Å². The molecule has 0 saturated carbocycles. The van der Waals surface area contributed by atoms with E-state index in [1.807, 2.05) is 20.9 Å². The molecule has 0 radical (unpaired) electrons. The number of hydrogen-bond donors (Lipinski definition) is 2. The zero-order valence-electron chi connectivity index (χ0n) is 14.7. The summed E-state index contributed by atoms with van der Waals surface area (Å²) in [5, 5.41) is 10.4. The third kappa shape index (κ3) is 2.77. The minimum absolute atomic E-state index is 0.100. The molecular formula is C17H21N5O2S. The third-order valence-corrected chi connectivity index (χ3v) is 6.00. The SMILES string of the molecule is CNCc1c(C)nc2c(S(=O)(=O)c3ccccc3)c(NC)nn2c1C. The molecule has 0 amide bonds. The van der Waals surface area contributed by atoms with Crippen LogP contribution in [0, 0.1) is 13.8 Å². The number of fused-ring (bicyclic) bond motifs is 1. The molecule has 0 saturated heterocycles. The van der Waals surface area contributed by atoms with Crippen LogP contribution in [-0.2, 0) is 16.4 Å². The number of benzene rings is 1. The molecule has 0 atom stereocenters. The minimum Gasteiger partial charge on any atom is -0.370 e. The van der Waals surface area contributed by atoms with Crippen LogP contribution in [0.15, 0.2) is 40.1 Å². The number of nitrogens with zero attached hydrogens (tertiary/aromatic N) is 3. The first-order valence-corrected chi connectivity index (χ1v) is 9.41. The van der Waals surface area contributed by atoms with Crippen molar-refractivity contribution in [3.05, 3.63) is 47.3 Å². The predicted molar refractivity (Wildman–Crippen MR) is 96.7 cm³/mol. The molecule has 0 bridgehead atoms. The molecule has 0 fully saturated rings. The lowest BCUT2D eigenvalue weighted by atomic mass is 10.1. The Balaban J connectivity index is 2.36.